The molecule has 5 heteroatoms. The van der Waals surface area contributed by atoms with Gasteiger partial charge in [-0.15, -0.1) is 0 Å². The van der Waals surface area contributed by atoms with E-state index in [1.54, 1.807) is 0 Å². The summed E-state index contributed by atoms with van der Waals surface area (Å²) in [6, 6.07) is 0. The molecular weight excluding hydrogens is 220 g/mol. The topological polar surface area (TPSA) is 64.4 Å². The molecule has 2 heterocycles. The quantitative estimate of drug-likeness (QED) is 0.830. The zero-order valence-electron chi connectivity index (χ0n) is 10.3. The lowest BCUT2D eigenvalue weighted by atomic mass is 10.0. The summed E-state index contributed by atoms with van der Waals surface area (Å²) in [6.07, 6.45) is 1.34. The normalized spacial score (nSPS) is 15.6. The fourth-order valence-electron chi connectivity index (χ4n) is 1.92. The first-order valence-corrected chi connectivity index (χ1v) is 5.93. The summed E-state index contributed by atoms with van der Waals surface area (Å²) >= 11 is 0. The third-order valence-corrected chi connectivity index (χ3v) is 3.06. The van der Waals surface area contributed by atoms with Crippen LogP contribution in [0.3, 0.4) is 0 Å². The Bertz CT molecular complexity index is 377. The van der Waals surface area contributed by atoms with Crippen LogP contribution in [-0.4, -0.2) is 30.8 Å². The highest BCUT2D eigenvalue weighted by atomic mass is 16.5. The van der Waals surface area contributed by atoms with Crippen LogP contribution in [0.4, 0.5) is 0 Å². The molecule has 0 bridgehead atoms. The zero-order valence-corrected chi connectivity index (χ0v) is 10.3. The smallest absolute Gasteiger partial charge is 0.220 e. The Labute approximate surface area is 101 Å². The highest BCUT2D eigenvalue weighted by molar-refractivity contribution is 5.76. The number of nitrogens with zero attached hydrogens (tertiary/aromatic N) is 1. The Balaban J connectivity index is 1.70. The molecule has 0 atom stereocenters. The lowest BCUT2D eigenvalue weighted by Crippen LogP contribution is -2.35. The molecule has 2 rings (SSSR count). The SMILES string of the molecule is Cc1noc(C)c1CCNC(=O)CC1COC1. The van der Waals surface area contributed by atoms with Crippen LogP contribution in [0.1, 0.15) is 23.4 Å². The van der Waals surface area contributed by atoms with E-state index in [0.29, 0.717) is 18.9 Å². The first-order chi connectivity index (χ1) is 8.16. The van der Waals surface area contributed by atoms with Crippen molar-refractivity contribution in [1.29, 1.82) is 0 Å². The molecule has 0 unspecified atom stereocenters. The molecule has 0 aliphatic carbocycles. The van der Waals surface area contributed by atoms with Gasteiger partial charge < -0.3 is 14.6 Å². The maximum Gasteiger partial charge on any atom is 0.220 e. The van der Waals surface area contributed by atoms with Gasteiger partial charge in [0.15, 0.2) is 0 Å². The van der Waals surface area contributed by atoms with Crippen molar-refractivity contribution in [2.45, 2.75) is 26.7 Å². The second-order valence-corrected chi connectivity index (χ2v) is 4.51. The summed E-state index contributed by atoms with van der Waals surface area (Å²) in [5.41, 5.74) is 2.00. The van der Waals surface area contributed by atoms with Gasteiger partial charge in [-0.1, -0.05) is 5.16 Å². The number of aryl methyl sites for hydroxylation is 2. The molecule has 0 aromatic carbocycles. The summed E-state index contributed by atoms with van der Waals surface area (Å²) in [5, 5.41) is 6.79. The molecule has 17 heavy (non-hydrogen) atoms. The molecule has 5 nitrogen and oxygen atoms in total. The molecule has 0 saturated carbocycles. The van der Waals surface area contributed by atoms with Crippen LogP contribution in [0.5, 0.6) is 0 Å². The number of amides is 1. The maximum absolute atomic E-state index is 11.5. The van der Waals surface area contributed by atoms with Crippen LogP contribution < -0.4 is 5.32 Å². The van der Waals surface area contributed by atoms with Gasteiger partial charge in [0.1, 0.15) is 5.76 Å². The minimum absolute atomic E-state index is 0.102. The summed E-state index contributed by atoms with van der Waals surface area (Å²) in [7, 11) is 0. The molecule has 1 saturated heterocycles. The fourth-order valence-corrected chi connectivity index (χ4v) is 1.92. The summed E-state index contributed by atoms with van der Waals surface area (Å²) in [5.74, 6) is 1.35. The molecule has 1 fully saturated rings. The van der Waals surface area contributed by atoms with E-state index < -0.39 is 0 Å². The van der Waals surface area contributed by atoms with Gasteiger partial charge in [0, 0.05) is 24.4 Å². The lowest BCUT2D eigenvalue weighted by Gasteiger charge is -2.25. The minimum atomic E-state index is 0.102. The molecule has 1 aliphatic heterocycles. The van der Waals surface area contributed by atoms with Crippen LogP contribution >= 0.6 is 0 Å². The lowest BCUT2D eigenvalue weighted by molar-refractivity contribution is -0.126. The van der Waals surface area contributed by atoms with Crippen molar-refractivity contribution < 1.29 is 14.1 Å². The van der Waals surface area contributed by atoms with Crippen LogP contribution in [0.25, 0.3) is 0 Å². The highest BCUT2D eigenvalue weighted by Crippen LogP contribution is 2.14. The molecule has 1 aromatic rings. The average molecular weight is 238 g/mol. The van der Waals surface area contributed by atoms with Crippen molar-refractivity contribution in [3.05, 3.63) is 17.0 Å². The standard InChI is InChI=1S/C12H18N2O3/c1-8-11(9(2)17-14-8)3-4-13-12(15)5-10-6-16-7-10/h10H,3-7H2,1-2H3,(H,13,15). The molecule has 0 radical (unpaired) electrons. The second-order valence-electron chi connectivity index (χ2n) is 4.51. The Kier molecular flexibility index (Phi) is 3.78. The van der Waals surface area contributed by atoms with E-state index in [1.165, 1.54) is 0 Å². The van der Waals surface area contributed by atoms with Crippen molar-refractivity contribution in [1.82, 2.24) is 10.5 Å². The molecule has 1 amide bonds. The van der Waals surface area contributed by atoms with E-state index in [9.17, 15) is 4.79 Å². The zero-order chi connectivity index (χ0) is 12.3. The van der Waals surface area contributed by atoms with Crippen LogP contribution in [0, 0.1) is 19.8 Å². The number of nitrogens with one attached hydrogen (secondary N) is 1. The molecule has 1 N–H and O–H groups in total. The number of carbonyl (C=O) groups is 1. The first kappa shape index (κ1) is 12.1. The number of carbonyl (C=O) groups excluding carboxylic acids is 1. The van der Waals surface area contributed by atoms with Crippen LogP contribution in [0.2, 0.25) is 0 Å². The minimum Gasteiger partial charge on any atom is -0.381 e. The van der Waals surface area contributed by atoms with Crippen molar-refractivity contribution in [2.75, 3.05) is 19.8 Å². The number of aromatic nitrogens is 1. The van der Waals surface area contributed by atoms with Crippen molar-refractivity contribution in [2.24, 2.45) is 5.92 Å². The monoisotopic (exact) mass is 238 g/mol. The first-order valence-electron chi connectivity index (χ1n) is 5.93. The molecular formula is C12H18N2O3. The molecule has 0 spiro atoms. The number of rotatable bonds is 5. The van der Waals surface area contributed by atoms with Gasteiger partial charge >= 0.3 is 0 Å². The average Bonchev–Trinajstić information content (AvgIpc) is 2.55. The van der Waals surface area contributed by atoms with E-state index in [-0.39, 0.29) is 5.91 Å². The third-order valence-electron chi connectivity index (χ3n) is 3.06. The van der Waals surface area contributed by atoms with E-state index in [2.05, 4.69) is 10.5 Å². The van der Waals surface area contributed by atoms with Gasteiger partial charge in [0.2, 0.25) is 5.91 Å². The number of hydrogen-bond acceptors (Lipinski definition) is 4. The van der Waals surface area contributed by atoms with E-state index in [4.69, 9.17) is 9.26 Å². The summed E-state index contributed by atoms with van der Waals surface area (Å²) in [6.45, 7) is 5.88. The Morgan fingerprint density at radius 1 is 1.47 bits per heavy atom. The third kappa shape index (κ3) is 3.06. The van der Waals surface area contributed by atoms with Gasteiger partial charge in [-0.3, -0.25) is 4.79 Å². The Hall–Kier alpha value is -1.36. The van der Waals surface area contributed by atoms with Crippen molar-refractivity contribution in [3.8, 4) is 0 Å². The second kappa shape index (κ2) is 5.31. The molecule has 94 valence electrons. The van der Waals surface area contributed by atoms with Gasteiger partial charge in [-0.2, -0.15) is 0 Å². The molecule has 1 aliphatic rings. The highest BCUT2D eigenvalue weighted by Gasteiger charge is 2.21. The van der Waals surface area contributed by atoms with Gasteiger partial charge in [0.05, 0.1) is 18.9 Å². The van der Waals surface area contributed by atoms with Crippen molar-refractivity contribution in [3.63, 3.8) is 0 Å². The predicted molar refractivity (Wildman–Crippen MR) is 61.6 cm³/mol. The Morgan fingerprint density at radius 2 is 2.24 bits per heavy atom. The molecule has 1 aromatic heterocycles. The fraction of sp³-hybridized carbons (Fsp3) is 0.667. The van der Waals surface area contributed by atoms with Gasteiger partial charge in [-0.05, 0) is 20.3 Å². The van der Waals surface area contributed by atoms with E-state index in [1.807, 2.05) is 13.8 Å². The van der Waals surface area contributed by atoms with E-state index >= 15 is 0 Å². The van der Waals surface area contributed by atoms with Crippen molar-refractivity contribution >= 4 is 5.91 Å². The summed E-state index contributed by atoms with van der Waals surface area (Å²) in [4.78, 5) is 11.5. The number of hydrogen-bond donors (Lipinski definition) is 1. The van der Waals surface area contributed by atoms with Gasteiger partial charge in [0.25, 0.3) is 0 Å². The predicted octanol–water partition coefficient (Wildman–Crippen LogP) is 0.987. The van der Waals surface area contributed by atoms with Crippen LogP contribution in [-0.2, 0) is 16.0 Å². The Morgan fingerprint density at radius 3 is 2.76 bits per heavy atom. The summed E-state index contributed by atoms with van der Waals surface area (Å²) < 4.78 is 10.1. The largest absolute Gasteiger partial charge is 0.381 e. The van der Waals surface area contributed by atoms with E-state index in [0.717, 1.165) is 36.7 Å². The maximum atomic E-state index is 11.5. The van der Waals surface area contributed by atoms with Crippen LogP contribution in [0.15, 0.2) is 4.52 Å². The van der Waals surface area contributed by atoms with Gasteiger partial charge in [-0.25, -0.2) is 0 Å². The number of ether oxygens (including phenoxy) is 1.